The van der Waals surface area contributed by atoms with Gasteiger partial charge < -0.3 is 14.8 Å². The van der Waals surface area contributed by atoms with Crippen LogP contribution < -0.4 is 14.8 Å². The van der Waals surface area contributed by atoms with E-state index in [1.807, 2.05) is 18.2 Å². The Labute approximate surface area is 167 Å². The van der Waals surface area contributed by atoms with E-state index in [-0.39, 0.29) is 0 Å². The molecule has 0 radical (unpaired) electrons. The number of ether oxygens (including phenoxy) is 2. The molecular weight excluding hydrogens is 425 g/mol. The second-order valence-electron chi connectivity index (χ2n) is 5.84. The molecule has 2 rings (SSSR count). The highest BCUT2D eigenvalue weighted by Crippen LogP contribution is 2.37. The van der Waals surface area contributed by atoms with E-state index in [0.717, 1.165) is 28.6 Å². The first-order valence-corrected chi connectivity index (χ1v) is 9.66. The van der Waals surface area contributed by atoms with Crippen molar-refractivity contribution in [3.63, 3.8) is 0 Å². The zero-order chi connectivity index (χ0) is 18.4. The Hall–Kier alpha value is -0.940. The lowest BCUT2D eigenvalue weighted by Crippen LogP contribution is -2.24. The van der Waals surface area contributed by atoms with E-state index in [9.17, 15) is 0 Å². The minimum atomic E-state index is 0.371. The van der Waals surface area contributed by atoms with E-state index in [1.165, 1.54) is 0 Å². The Kier molecular flexibility index (Phi) is 7.88. The molecule has 0 fully saturated rings. The van der Waals surface area contributed by atoms with Gasteiger partial charge in [0, 0.05) is 12.6 Å². The topological polar surface area (TPSA) is 30.5 Å². The maximum absolute atomic E-state index is 6.05. The third kappa shape index (κ3) is 5.78. The number of rotatable bonds is 8. The summed E-state index contributed by atoms with van der Waals surface area (Å²) in [7, 11) is 1.64. The summed E-state index contributed by atoms with van der Waals surface area (Å²) in [5.41, 5.74) is 2.07. The largest absolute Gasteiger partial charge is 0.493 e. The summed E-state index contributed by atoms with van der Waals surface area (Å²) in [6.45, 7) is 5.47. The first-order valence-electron chi connectivity index (χ1n) is 8.11. The molecule has 0 aliphatic carbocycles. The van der Waals surface area contributed by atoms with Crippen LogP contribution in [-0.4, -0.2) is 13.2 Å². The van der Waals surface area contributed by atoms with Crippen molar-refractivity contribution in [2.75, 3.05) is 7.11 Å². The lowest BCUT2D eigenvalue weighted by molar-refractivity contribution is 0.282. The molecule has 0 saturated carbocycles. The van der Waals surface area contributed by atoms with E-state index in [2.05, 4.69) is 35.1 Å². The van der Waals surface area contributed by atoms with Gasteiger partial charge in [-0.15, -0.1) is 0 Å². The number of nitrogens with one attached hydrogen (secondary N) is 1. The van der Waals surface area contributed by atoms with Crippen molar-refractivity contribution >= 4 is 39.1 Å². The van der Waals surface area contributed by atoms with Crippen molar-refractivity contribution in [3.8, 4) is 11.5 Å². The van der Waals surface area contributed by atoms with E-state index >= 15 is 0 Å². The van der Waals surface area contributed by atoms with Crippen LogP contribution in [0, 0.1) is 0 Å². The van der Waals surface area contributed by atoms with Gasteiger partial charge in [0.2, 0.25) is 0 Å². The molecule has 2 aromatic rings. The van der Waals surface area contributed by atoms with E-state index < -0.39 is 0 Å². The number of benzene rings is 2. The summed E-state index contributed by atoms with van der Waals surface area (Å²) in [6, 6.07) is 9.95. The molecule has 0 heterocycles. The van der Waals surface area contributed by atoms with E-state index in [1.54, 1.807) is 19.2 Å². The summed E-state index contributed by atoms with van der Waals surface area (Å²) in [5, 5.41) is 4.52. The van der Waals surface area contributed by atoms with Crippen LogP contribution in [0.2, 0.25) is 10.0 Å². The van der Waals surface area contributed by atoms with Gasteiger partial charge in [-0.3, -0.25) is 0 Å². The van der Waals surface area contributed by atoms with E-state index in [4.69, 9.17) is 32.7 Å². The fourth-order valence-corrected chi connectivity index (χ4v) is 3.16. The smallest absolute Gasteiger partial charge is 0.175 e. The van der Waals surface area contributed by atoms with Crippen LogP contribution in [0.5, 0.6) is 11.5 Å². The van der Waals surface area contributed by atoms with Crippen LogP contribution in [0.4, 0.5) is 0 Å². The maximum atomic E-state index is 6.05. The first kappa shape index (κ1) is 20.4. The van der Waals surface area contributed by atoms with Crippen LogP contribution in [0.1, 0.15) is 31.4 Å². The second-order valence-corrected chi connectivity index (χ2v) is 7.51. The van der Waals surface area contributed by atoms with Crippen molar-refractivity contribution in [2.45, 2.75) is 39.5 Å². The SMILES string of the molecule is CCC(C)NCc1cc(Br)c(OCc2ccc(Cl)c(Cl)c2)c(OC)c1. The Morgan fingerprint density at radius 1 is 1.12 bits per heavy atom. The molecule has 0 aromatic heterocycles. The predicted octanol–water partition coefficient (Wildman–Crippen LogP) is 6.23. The van der Waals surface area contributed by atoms with Gasteiger partial charge >= 0.3 is 0 Å². The molecule has 0 bridgehead atoms. The highest BCUT2D eigenvalue weighted by Gasteiger charge is 2.13. The van der Waals surface area contributed by atoms with Gasteiger partial charge in [-0.05, 0) is 64.7 Å². The van der Waals surface area contributed by atoms with Crippen LogP contribution >= 0.6 is 39.1 Å². The van der Waals surface area contributed by atoms with Gasteiger partial charge in [0.15, 0.2) is 11.5 Å². The average molecular weight is 447 g/mol. The Bertz CT molecular complexity index is 725. The normalized spacial score (nSPS) is 12.1. The quantitative estimate of drug-likeness (QED) is 0.521. The molecule has 2 aromatic carbocycles. The minimum absolute atomic E-state index is 0.371. The maximum Gasteiger partial charge on any atom is 0.175 e. The zero-order valence-electron chi connectivity index (χ0n) is 14.5. The fourth-order valence-electron chi connectivity index (χ4n) is 2.24. The fraction of sp³-hybridized carbons (Fsp3) is 0.368. The van der Waals surface area contributed by atoms with Gasteiger partial charge in [-0.2, -0.15) is 0 Å². The van der Waals surface area contributed by atoms with Gasteiger partial charge in [0.05, 0.1) is 21.6 Å². The Morgan fingerprint density at radius 2 is 1.88 bits per heavy atom. The van der Waals surface area contributed by atoms with Crippen molar-refractivity contribution in [1.29, 1.82) is 0 Å². The standard InChI is InChI=1S/C19H22BrCl2NO2/c1-4-12(2)23-10-14-7-15(20)19(18(9-14)24-3)25-11-13-5-6-16(21)17(22)8-13/h5-9,12,23H,4,10-11H2,1-3H3. The number of halogens is 3. The van der Waals surface area contributed by atoms with Crippen LogP contribution in [0.25, 0.3) is 0 Å². The Morgan fingerprint density at radius 3 is 2.52 bits per heavy atom. The van der Waals surface area contributed by atoms with Crippen LogP contribution in [-0.2, 0) is 13.2 Å². The molecule has 0 aliphatic heterocycles. The second kappa shape index (κ2) is 9.67. The molecule has 136 valence electrons. The van der Waals surface area contributed by atoms with Gasteiger partial charge in [0.25, 0.3) is 0 Å². The first-order chi connectivity index (χ1) is 11.9. The van der Waals surface area contributed by atoms with Crippen LogP contribution in [0.15, 0.2) is 34.8 Å². The number of methoxy groups -OCH3 is 1. The van der Waals surface area contributed by atoms with Gasteiger partial charge in [-0.25, -0.2) is 0 Å². The average Bonchev–Trinajstić information content (AvgIpc) is 2.61. The minimum Gasteiger partial charge on any atom is -0.493 e. The molecule has 1 atom stereocenters. The number of hydrogen-bond donors (Lipinski definition) is 1. The summed E-state index contributed by atoms with van der Waals surface area (Å²) < 4.78 is 12.3. The summed E-state index contributed by atoms with van der Waals surface area (Å²) >= 11 is 15.6. The molecular formula is C19H22BrCl2NO2. The van der Waals surface area contributed by atoms with Gasteiger partial charge in [-0.1, -0.05) is 36.2 Å². The predicted molar refractivity (Wildman–Crippen MR) is 108 cm³/mol. The molecule has 25 heavy (non-hydrogen) atoms. The lowest BCUT2D eigenvalue weighted by Gasteiger charge is -2.16. The molecule has 1 unspecified atom stereocenters. The van der Waals surface area contributed by atoms with Crippen molar-refractivity contribution in [3.05, 3.63) is 56.0 Å². The van der Waals surface area contributed by atoms with Gasteiger partial charge in [0.1, 0.15) is 6.61 Å². The number of hydrogen-bond acceptors (Lipinski definition) is 3. The monoisotopic (exact) mass is 445 g/mol. The molecule has 1 N–H and O–H groups in total. The van der Waals surface area contributed by atoms with Crippen LogP contribution in [0.3, 0.4) is 0 Å². The van der Waals surface area contributed by atoms with Crippen molar-refractivity contribution < 1.29 is 9.47 Å². The highest BCUT2D eigenvalue weighted by molar-refractivity contribution is 9.10. The Balaban J connectivity index is 2.12. The van der Waals surface area contributed by atoms with Crippen molar-refractivity contribution in [2.24, 2.45) is 0 Å². The third-order valence-electron chi connectivity index (χ3n) is 3.92. The molecule has 0 aliphatic rings. The molecule has 0 amide bonds. The molecule has 0 spiro atoms. The molecule has 6 heteroatoms. The zero-order valence-corrected chi connectivity index (χ0v) is 17.6. The molecule has 0 saturated heterocycles. The summed E-state index contributed by atoms with van der Waals surface area (Å²) in [6.07, 6.45) is 1.09. The van der Waals surface area contributed by atoms with Crippen molar-refractivity contribution in [1.82, 2.24) is 5.32 Å². The summed E-state index contributed by atoms with van der Waals surface area (Å²) in [4.78, 5) is 0. The third-order valence-corrected chi connectivity index (χ3v) is 5.25. The summed E-state index contributed by atoms with van der Waals surface area (Å²) in [5.74, 6) is 1.36. The van der Waals surface area contributed by atoms with E-state index in [0.29, 0.717) is 34.2 Å². The highest BCUT2D eigenvalue weighted by atomic mass is 79.9. The molecule has 3 nitrogen and oxygen atoms in total. The lowest BCUT2D eigenvalue weighted by atomic mass is 10.1.